The van der Waals surface area contributed by atoms with Crippen molar-refractivity contribution in [2.45, 2.75) is 25.4 Å². The van der Waals surface area contributed by atoms with Crippen LogP contribution in [0.15, 0.2) is 43.0 Å². The number of rotatable bonds is 3. The Hall–Kier alpha value is -2.87. The molecule has 25 heavy (non-hydrogen) atoms. The Labute approximate surface area is 148 Å². The summed E-state index contributed by atoms with van der Waals surface area (Å²) in [5.41, 5.74) is 1.36. The fourth-order valence-corrected chi connectivity index (χ4v) is 3.20. The van der Waals surface area contributed by atoms with Gasteiger partial charge in [0.15, 0.2) is 0 Å². The molecule has 128 valence electrons. The van der Waals surface area contributed by atoms with Crippen LogP contribution >= 0.6 is 11.6 Å². The van der Waals surface area contributed by atoms with Gasteiger partial charge in [-0.1, -0.05) is 11.6 Å². The van der Waals surface area contributed by atoms with Gasteiger partial charge in [0.05, 0.1) is 16.8 Å². The number of amides is 2. The fraction of sp³-hybridized carbons (Fsp3) is 0.250. The van der Waals surface area contributed by atoms with Crippen LogP contribution in [0, 0.1) is 0 Å². The average Bonchev–Trinajstić information content (AvgIpc) is 3.27. The Morgan fingerprint density at radius 2 is 2.24 bits per heavy atom. The van der Waals surface area contributed by atoms with Crippen molar-refractivity contribution >= 4 is 23.3 Å². The number of hydrogen-bond acceptors (Lipinski definition) is 4. The minimum absolute atomic E-state index is 0.143. The van der Waals surface area contributed by atoms with E-state index >= 15 is 0 Å². The van der Waals surface area contributed by atoms with Gasteiger partial charge in [-0.3, -0.25) is 0 Å². The lowest BCUT2D eigenvalue weighted by Crippen LogP contribution is -2.36. The summed E-state index contributed by atoms with van der Waals surface area (Å²) in [6, 6.07) is 6.66. The Morgan fingerprint density at radius 1 is 1.32 bits per heavy atom. The van der Waals surface area contributed by atoms with Gasteiger partial charge in [0.1, 0.15) is 12.2 Å². The standard InChI is InChI=1S/C16H16ClN7O/c17-12-9-11(4-5-14(12)23-8-2-6-19-23)21-16(25)22-13-3-1-7-24-15(13)18-10-20-24/h2,4-6,8-10,13H,1,3,7H2,(H2,21,22,25)/t13-/m1/s1. The van der Waals surface area contributed by atoms with Crippen molar-refractivity contribution in [2.24, 2.45) is 0 Å². The van der Waals surface area contributed by atoms with E-state index < -0.39 is 0 Å². The number of anilines is 1. The van der Waals surface area contributed by atoms with Crippen LogP contribution in [0.25, 0.3) is 5.69 Å². The molecule has 4 rings (SSSR count). The molecule has 2 aromatic heterocycles. The summed E-state index contributed by atoms with van der Waals surface area (Å²) in [4.78, 5) is 16.5. The molecule has 1 atom stereocenters. The second kappa shape index (κ2) is 6.56. The second-order valence-electron chi connectivity index (χ2n) is 5.75. The molecular formula is C16H16ClN7O. The van der Waals surface area contributed by atoms with Gasteiger partial charge < -0.3 is 10.6 Å². The van der Waals surface area contributed by atoms with E-state index in [-0.39, 0.29) is 12.1 Å². The molecule has 0 spiro atoms. The Kier molecular flexibility index (Phi) is 4.10. The lowest BCUT2D eigenvalue weighted by atomic mass is 10.1. The smallest absolute Gasteiger partial charge is 0.319 e. The number of urea groups is 1. The third-order valence-corrected chi connectivity index (χ3v) is 4.38. The quantitative estimate of drug-likeness (QED) is 0.754. The van der Waals surface area contributed by atoms with Crippen molar-refractivity contribution in [3.8, 4) is 5.69 Å². The van der Waals surface area contributed by atoms with E-state index in [1.165, 1.54) is 6.33 Å². The highest BCUT2D eigenvalue weighted by atomic mass is 35.5. The molecule has 1 aromatic carbocycles. The normalized spacial score (nSPS) is 16.3. The molecule has 0 radical (unpaired) electrons. The summed E-state index contributed by atoms with van der Waals surface area (Å²) in [7, 11) is 0. The molecule has 0 unspecified atom stereocenters. The van der Waals surface area contributed by atoms with Crippen LogP contribution in [0.4, 0.5) is 10.5 Å². The van der Waals surface area contributed by atoms with E-state index in [0.717, 1.165) is 30.9 Å². The lowest BCUT2D eigenvalue weighted by molar-refractivity contribution is 0.244. The first-order chi connectivity index (χ1) is 12.2. The number of aromatic nitrogens is 5. The van der Waals surface area contributed by atoms with Crippen LogP contribution in [0.2, 0.25) is 5.02 Å². The van der Waals surface area contributed by atoms with Gasteiger partial charge in [0, 0.05) is 24.6 Å². The van der Waals surface area contributed by atoms with Crippen LogP contribution in [0.1, 0.15) is 24.7 Å². The maximum absolute atomic E-state index is 12.3. The number of aryl methyl sites for hydroxylation is 1. The zero-order valence-corrected chi connectivity index (χ0v) is 14.0. The van der Waals surface area contributed by atoms with Gasteiger partial charge in [-0.25, -0.2) is 19.1 Å². The van der Waals surface area contributed by atoms with Gasteiger partial charge in [-0.2, -0.15) is 10.2 Å². The molecule has 1 aliphatic rings. The van der Waals surface area contributed by atoms with Crippen LogP contribution in [-0.2, 0) is 6.54 Å². The molecule has 2 N–H and O–H groups in total. The molecule has 3 heterocycles. The highest BCUT2D eigenvalue weighted by Gasteiger charge is 2.23. The maximum Gasteiger partial charge on any atom is 0.319 e. The Morgan fingerprint density at radius 3 is 3.04 bits per heavy atom. The van der Waals surface area contributed by atoms with Gasteiger partial charge in [-0.05, 0) is 37.1 Å². The predicted molar refractivity (Wildman–Crippen MR) is 92.7 cm³/mol. The van der Waals surface area contributed by atoms with E-state index in [4.69, 9.17) is 11.6 Å². The number of halogens is 1. The van der Waals surface area contributed by atoms with Crippen LogP contribution in [0.5, 0.6) is 0 Å². The highest BCUT2D eigenvalue weighted by Crippen LogP contribution is 2.25. The molecule has 0 saturated carbocycles. The van der Waals surface area contributed by atoms with E-state index in [0.29, 0.717) is 10.7 Å². The zero-order valence-electron chi connectivity index (χ0n) is 13.3. The van der Waals surface area contributed by atoms with Crippen molar-refractivity contribution in [3.05, 3.63) is 53.8 Å². The summed E-state index contributed by atoms with van der Waals surface area (Å²) >= 11 is 6.29. The minimum Gasteiger partial charge on any atom is -0.328 e. The zero-order chi connectivity index (χ0) is 17.2. The number of fused-ring (bicyclic) bond motifs is 1. The summed E-state index contributed by atoms with van der Waals surface area (Å²) in [5.74, 6) is 0.786. The molecule has 0 fully saturated rings. The molecule has 0 bridgehead atoms. The first-order valence-corrected chi connectivity index (χ1v) is 8.33. The molecule has 8 nitrogen and oxygen atoms in total. The topological polar surface area (TPSA) is 89.7 Å². The number of nitrogens with one attached hydrogen (secondary N) is 2. The van der Waals surface area contributed by atoms with Crippen LogP contribution < -0.4 is 10.6 Å². The van der Waals surface area contributed by atoms with Gasteiger partial charge in [-0.15, -0.1) is 0 Å². The van der Waals surface area contributed by atoms with Crippen molar-refractivity contribution in [1.29, 1.82) is 0 Å². The van der Waals surface area contributed by atoms with Crippen molar-refractivity contribution in [1.82, 2.24) is 29.9 Å². The van der Waals surface area contributed by atoms with E-state index in [1.807, 2.05) is 16.8 Å². The van der Waals surface area contributed by atoms with Crippen molar-refractivity contribution in [3.63, 3.8) is 0 Å². The number of carbonyl (C=O) groups is 1. The summed E-state index contributed by atoms with van der Waals surface area (Å²) < 4.78 is 3.49. The summed E-state index contributed by atoms with van der Waals surface area (Å²) in [6.45, 7) is 0.833. The molecular weight excluding hydrogens is 342 g/mol. The molecule has 2 amide bonds. The largest absolute Gasteiger partial charge is 0.328 e. The lowest BCUT2D eigenvalue weighted by Gasteiger charge is -2.23. The SMILES string of the molecule is O=C(Nc1ccc(-n2cccn2)c(Cl)c1)N[C@@H]1CCCn2ncnc21. The summed E-state index contributed by atoms with van der Waals surface area (Å²) in [5, 5.41) is 14.5. The molecule has 3 aromatic rings. The predicted octanol–water partition coefficient (Wildman–Crippen LogP) is 2.77. The average molecular weight is 358 g/mol. The Balaban J connectivity index is 1.44. The first kappa shape index (κ1) is 15.6. The molecule has 0 saturated heterocycles. The van der Waals surface area contributed by atoms with E-state index in [2.05, 4.69) is 25.8 Å². The number of carbonyl (C=O) groups excluding carboxylic acids is 1. The number of benzene rings is 1. The van der Waals surface area contributed by atoms with Crippen LogP contribution in [-0.4, -0.2) is 30.6 Å². The fourth-order valence-electron chi connectivity index (χ4n) is 2.93. The van der Waals surface area contributed by atoms with E-state index in [1.54, 1.807) is 29.2 Å². The van der Waals surface area contributed by atoms with Gasteiger partial charge in [0.25, 0.3) is 0 Å². The third kappa shape index (κ3) is 3.20. The molecule has 9 heteroatoms. The molecule has 1 aliphatic heterocycles. The van der Waals surface area contributed by atoms with Crippen molar-refractivity contribution in [2.75, 3.05) is 5.32 Å². The monoisotopic (exact) mass is 357 g/mol. The van der Waals surface area contributed by atoms with Gasteiger partial charge in [0.2, 0.25) is 0 Å². The molecule has 0 aliphatic carbocycles. The number of hydrogen-bond donors (Lipinski definition) is 2. The summed E-state index contributed by atoms with van der Waals surface area (Å²) in [6.07, 6.45) is 6.79. The second-order valence-corrected chi connectivity index (χ2v) is 6.16. The number of nitrogens with zero attached hydrogens (tertiary/aromatic N) is 5. The van der Waals surface area contributed by atoms with Crippen LogP contribution in [0.3, 0.4) is 0 Å². The Bertz CT molecular complexity index is 890. The van der Waals surface area contributed by atoms with Crippen molar-refractivity contribution < 1.29 is 4.79 Å². The minimum atomic E-state index is -0.302. The highest BCUT2D eigenvalue weighted by molar-refractivity contribution is 6.32. The van der Waals surface area contributed by atoms with Gasteiger partial charge >= 0.3 is 6.03 Å². The first-order valence-electron chi connectivity index (χ1n) is 7.95. The third-order valence-electron chi connectivity index (χ3n) is 4.08. The maximum atomic E-state index is 12.3. The van der Waals surface area contributed by atoms with E-state index in [9.17, 15) is 4.79 Å².